The lowest BCUT2D eigenvalue weighted by Gasteiger charge is -2.31. The first kappa shape index (κ1) is 20.1. The van der Waals surface area contributed by atoms with E-state index in [1.165, 1.54) is 54.7 Å². The molecule has 0 fully saturated rings. The van der Waals surface area contributed by atoms with E-state index in [1.807, 2.05) is 0 Å². The van der Waals surface area contributed by atoms with Crippen LogP contribution in [0.1, 0.15) is 18.9 Å². The van der Waals surface area contributed by atoms with Crippen LogP contribution in [0.3, 0.4) is 0 Å². The van der Waals surface area contributed by atoms with Crippen molar-refractivity contribution in [2.45, 2.75) is 20.3 Å². The smallest absolute Gasteiger partial charge is 0.0812 e. The van der Waals surface area contributed by atoms with Crippen LogP contribution in [0.5, 0.6) is 0 Å². The average Bonchev–Trinajstić information content (AvgIpc) is 2.86. The topological polar surface area (TPSA) is 0 Å². The number of aryl methyl sites for hydroxylation is 1. The van der Waals surface area contributed by atoms with Crippen LogP contribution in [-0.2, 0) is 0 Å². The van der Waals surface area contributed by atoms with Gasteiger partial charge in [-0.3, -0.25) is 0 Å². The zero-order chi connectivity index (χ0) is 22.4. The Morgan fingerprint density at radius 1 is 0.758 bits per heavy atom. The minimum Gasteiger partial charge on any atom is -0.0812 e. The summed E-state index contributed by atoms with van der Waals surface area (Å²) < 4.78 is 0. The van der Waals surface area contributed by atoms with E-state index in [9.17, 15) is 0 Å². The predicted octanol–water partition coefficient (Wildman–Crippen LogP) is 6.84. The van der Waals surface area contributed by atoms with E-state index in [0.717, 1.165) is 6.42 Å². The van der Waals surface area contributed by atoms with Crippen molar-refractivity contribution in [1.82, 2.24) is 0 Å². The Kier molecular flexibility index (Phi) is 4.91. The van der Waals surface area contributed by atoms with Gasteiger partial charge in [-0.15, -0.1) is 0 Å². The molecule has 0 heterocycles. The molecule has 0 aromatic heterocycles. The Morgan fingerprint density at radius 2 is 1.52 bits per heavy atom. The minimum absolute atomic E-state index is 0.186. The number of fused-ring (bicyclic) bond motifs is 3. The van der Waals surface area contributed by atoms with Crippen molar-refractivity contribution in [2.75, 3.05) is 0 Å². The first-order valence-corrected chi connectivity index (χ1v) is 11.9. The van der Waals surface area contributed by atoms with Gasteiger partial charge in [0.1, 0.15) is 0 Å². The minimum atomic E-state index is 0.186. The third kappa shape index (κ3) is 3.40. The molecular weight excluding hydrogens is 395 g/mol. The average molecular weight is 422 g/mol. The third-order valence-electron chi connectivity index (χ3n) is 7.42. The van der Waals surface area contributed by atoms with E-state index in [2.05, 4.69) is 123 Å². The molecule has 0 amide bonds. The van der Waals surface area contributed by atoms with Crippen molar-refractivity contribution in [3.63, 3.8) is 0 Å². The Hall–Kier alpha value is -3.58. The maximum Gasteiger partial charge on any atom is 0.243 e. The van der Waals surface area contributed by atoms with Crippen molar-refractivity contribution in [1.29, 1.82) is 0 Å². The van der Waals surface area contributed by atoms with Gasteiger partial charge in [0.25, 0.3) is 0 Å². The van der Waals surface area contributed by atoms with E-state index >= 15 is 0 Å². The molecule has 6 rings (SSSR count). The Balaban J connectivity index is 1.70. The van der Waals surface area contributed by atoms with Gasteiger partial charge < -0.3 is 0 Å². The normalized spacial score (nSPS) is 17.4. The summed E-state index contributed by atoms with van der Waals surface area (Å²) in [7, 11) is 0. The largest absolute Gasteiger partial charge is 0.243 e. The lowest BCUT2D eigenvalue weighted by atomic mass is 9.32. The molecule has 4 aromatic rings. The highest BCUT2D eigenvalue weighted by molar-refractivity contribution is 6.93. The van der Waals surface area contributed by atoms with Crippen molar-refractivity contribution >= 4 is 39.2 Å². The highest BCUT2D eigenvalue weighted by Gasteiger charge is 2.33. The molecular formula is C32H27B. The molecule has 1 atom stereocenters. The van der Waals surface area contributed by atoms with Gasteiger partial charge in [0.2, 0.25) is 6.71 Å². The second-order valence-corrected chi connectivity index (χ2v) is 9.40. The summed E-state index contributed by atoms with van der Waals surface area (Å²) in [6, 6.07) is 29.2. The highest BCUT2D eigenvalue weighted by Crippen LogP contribution is 2.36. The Bertz CT molecular complexity index is 1510. The molecule has 33 heavy (non-hydrogen) atoms. The van der Waals surface area contributed by atoms with Crippen LogP contribution >= 0.6 is 0 Å². The number of hydrogen-bond donors (Lipinski definition) is 0. The van der Waals surface area contributed by atoms with Gasteiger partial charge in [0.05, 0.1) is 0 Å². The van der Waals surface area contributed by atoms with Gasteiger partial charge in [-0.1, -0.05) is 137 Å². The number of rotatable bonds is 3. The van der Waals surface area contributed by atoms with Gasteiger partial charge in [-0.2, -0.15) is 0 Å². The fraction of sp³-hybridized carbons (Fsp3) is 0.125. The van der Waals surface area contributed by atoms with Gasteiger partial charge in [0.15, 0.2) is 0 Å². The van der Waals surface area contributed by atoms with Crippen LogP contribution in [0, 0.1) is 12.8 Å². The van der Waals surface area contributed by atoms with Crippen molar-refractivity contribution in [3.8, 4) is 0 Å². The van der Waals surface area contributed by atoms with Crippen LogP contribution in [0.2, 0.25) is 0 Å². The van der Waals surface area contributed by atoms with Gasteiger partial charge >= 0.3 is 0 Å². The summed E-state index contributed by atoms with van der Waals surface area (Å²) in [6.07, 6.45) is 12.7. The second-order valence-electron chi connectivity index (χ2n) is 9.40. The number of benzene rings is 4. The maximum atomic E-state index is 2.45. The quantitative estimate of drug-likeness (QED) is 0.317. The summed E-state index contributed by atoms with van der Waals surface area (Å²) in [6.45, 7) is 4.77. The molecule has 0 saturated heterocycles. The molecule has 2 aliphatic rings. The monoisotopic (exact) mass is 422 g/mol. The van der Waals surface area contributed by atoms with Crippen molar-refractivity contribution in [3.05, 3.63) is 131 Å². The predicted molar refractivity (Wildman–Crippen MR) is 145 cm³/mol. The number of allylic oxidation sites excluding steroid dienone is 8. The first-order valence-electron chi connectivity index (χ1n) is 11.9. The summed E-state index contributed by atoms with van der Waals surface area (Å²) >= 11 is 0. The second kappa shape index (κ2) is 8.08. The van der Waals surface area contributed by atoms with Crippen LogP contribution in [0.25, 0.3) is 21.5 Å². The molecule has 0 saturated carbocycles. The zero-order valence-electron chi connectivity index (χ0n) is 19.3. The molecule has 0 nitrogen and oxygen atoms in total. The Morgan fingerprint density at radius 3 is 2.39 bits per heavy atom. The van der Waals surface area contributed by atoms with Crippen LogP contribution in [0.15, 0.2) is 126 Å². The van der Waals surface area contributed by atoms with E-state index in [0.29, 0.717) is 5.92 Å². The molecule has 0 bridgehead atoms. The van der Waals surface area contributed by atoms with Gasteiger partial charge in [-0.25, -0.2) is 0 Å². The molecule has 0 N–H and O–H groups in total. The standard InChI is InChI=1S/C32H27B/c1-22-15-17-25-10-5-7-13-29(25)31(22)33(28-20-19-24-9-3-4-12-27(24)21-28)32-23(2)16-18-26-11-6-8-14-30(26)32/h3-17,19-21,26H,18H2,1-2H3. The first-order chi connectivity index (χ1) is 16.2. The Labute approximate surface area is 196 Å². The summed E-state index contributed by atoms with van der Waals surface area (Å²) in [5.41, 5.74) is 8.51. The molecule has 0 spiro atoms. The molecule has 0 aliphatic heterocycles. The third-order valence-corrected chi connectivity index (χ3v) is 7.42. The fourth-order valence-electron chi connectivity index (χ4n) is 5.77. The van der Waals surface area contributed by atoms with Crippen LogP contribution in [-0.4, -0.2) is 6.71 Å². The van der Waals surface area contributed by atoms with E-state index < -0.39 is 0 Å². The fourth-order valence-corrected chi connectivity index (χ4v) is 5.77. The van der Waals surface area contributed by atoms with Crippen LogP contribution < -0.4 is 10.9 Å². The maximum absolute atomic E-state index is 2.45. The molecule has 1 heteroatoms. The highest BCUT2D eigenvalue weighted by atomic mass is 14.2. The SMILES string of the molecule is CC1=CCC2C=CC=CC2=C1B(c1ccc2ccccc2c1)c1c(C)ccc2ccccc12. The van der Waals surface area contributed by atoms with E-state index in [4.69, 9.17) is 0 Å². The number of hydrogen-bond acceptors (Lipinski definition) is 0. The van der Waals surface area contributed by atoms with Crippen molar-refractivity contribution < 1.29 is 0 Å². The van der Waals surface area contributed by atoms with Gasteiger partial charge in [0, 0.05) is 5.92 Å². The molecule has 2 aliphatic carbocycles. The molecule has 158 valence electrons. The molecule has 1 unspecified atom stereocenters. The lowest BCUT2D eigenvalue weighted by Crippen LogP contribution is -2.47. The summed E-state index contributed by atoms with van der Waals surface area (Å²) in [4.78, 5) is 0. The summed E-state index contributed by atoms with van der Waals surface area (Å²) in [5, 5.41) is 5.26. The molecule has 4 aromatic carbocycles. The zero-order valence-corrected chi connectivity index (χ0v) is 19.3. The van der Waals surface area contributed by atoms with Crippen LogP contribution in [0.4, 0.5) is 0 Å². The van der Waals surface area contributed by atoms with Gasteiger partial charge in [-0.05, 0) is 47.4 Å². The summed E-state index contributed by atoms with van der Waals surface area (Å²) in [5.74, 6) is 0.465. The van der Waals surface area contributed by atoms with Crippen molar-refractivity contribution in [2.24, 2.45) is 5.92 Å². The lowest BCUT2D eigenvalue weighted by molar-refractivity contribution is 0.767. The van der Waals surface area contributed by atoms with E-state index in [-0.39, 0.29) is 6.71 Å². The molecule has 0 radical (unpaired) electrons. The van der Waals surface area contributed by atoms with E-state index in [1.54, 1.807) is 0 Å².